The molecule has 8 bridgehead atoms. The van der Waals surface area contributed by atoms with Gasteiger partial charge in [0.05, 0.1) is 36.4 Å². The van der Waals surface area contributed by atoms with E-state index in [2.05, 4.69) is 6.58 Å². The fourth-order valence-electron chi connectivity index (χ4n) is 6.79. The second kappa shape index (κ2) is 12.5. The molecule has 6 rings (SSSR count). The van der Waals surface area contributed by atoms with Crippen LogP contribution in [0.25, 0.3) is 50.6 Å². The van der Waals surface area contributed by atoms with E-state index >= 15 is 0 Å². The Morgan fingerprint density at radius 1 is 1.04 bits per heavy atom. The molecule has 0 radical (unpaired) electrons. The second-order valence-corrected chi connectivity index (χ2v) is 11.6. The first-order chi connectivity index (χ1) is 21.5. The van der Waals surface area contributed by atoms with Crippen molar-refractivity contribution >= 4 is 85.6 Å². The van der Waals surface area contributed by atoms with Crippen molar-refractivity contribution in [3.63, 3.8) is 0 Å². The van der Waals surface area contributed by atoms with E-state index in [1.807, 2.05) is 32.9 Å². The van der Waals surface area contributed by atoms with Crippen molar-refractivity contribution in [3.05, 3.63) is 75.4 Å². The minimum Gasteiger partial charge on any atom is -0.871 e. The Hall–Kier alpha value is -4.19. The number of carbonyl (C=O) groups excluding carboxylic acids is 2. The quantitative estimate of drug-likeness (QED) is 0.304. The Labute approximate surface area is 282 Å². The average molecular weight is 629 g/mol. The first kappa shape index (κ1) is 33.2. The van der Waals surface area contributed by atoms with Crippen LogP contribution in [0.1, 0.15) is 95.5 Å². The SMILES string of the molecule is C=Cc1c(C)c2cc3nc(c4c5[n-]c(cc6nc(cc1[n-]2)C(CO)=C6CC)c(C)c5C([O-])=C4C(=O)OC)[C@@H](CCC(=O)[O-])[C@@H]3C.[Mg+2]. The van der Waals surface area contributed by atoms with Crippen LogP contribution in [0.5, 0.6) is 0 Å². The van der Waals surface area contributed by atoms with E-state index < -0.39 is 23.6 Å². The molecule has 2 aliphatic heterocycles. The number of carboxylic acid groups (broad SMARTS) is 1. The van der Waals surface area contributed by atoms with Gasteiger partial charge in [-0.05, 0) is 55.4 Å². The third-order valence-electron chi connectivity index (χ3n) is 9.22. The number of aliphatic hydroxyl groups excluding tert-OH is 1. The van der Waals surface area contributed by atoms with E-state index in [0.717, 1.165) is 16.7 Å². The number of carboxylic acids is 1. The molecule has 0 amide bonds. The van der Waals surface area contributed by atoms with Gasteiger partial charge in [-0.25, -0.2) is 9.78 Å². The van der Waals surface area contributed by atoms with Gasteiger partial charge in [-0.1, -0.05) is 61.6 Å². The summed E-state index contributed by atoms with van der Waals surface area (Å²) in [4.78, 5) is 44.4. The van der Waals surface area contributed by atoms with Gasteiger partial charge in [0, 0.05) is 29.1 Å². The van der Waals surface area contributed by atoms with Crippen molar-refractivity contribution in [2.24, 2.45) is 0 Å². The molecule has 0 spiro atoms. The Kier molecular flexibility index (Phi) is 9.04. The monoisotopic (exact) mass is 628 g/mol. The van der Waals surface area contributed by atoms with Crippen molar-refractivity contribution < 1.29 is 29.6 Å². The zero-order valence-corrected chi connectivity index (χ0v) is 27.9. The number of fused-ring (bicyclic) bond motifs is 8. The summed E-state index contributed by atoms with van der Waals surface area (Å²) in [5.74, 6) is -3.28. The number of aliphatic hydroxyl groups is 1. The van der Waals surface area contributed by atoms with Crippen LogP contribution in [0, 0.1) is 13.8 Å². The van der Waals surface area contributed by atoms with E-state index in [4.69, 9.17) is 24.7 Å². The minimum absolute atomic E-state index is 0. The molecule has 1 aliphatic carbocycles. The molecule has 0 saturated heterocycles. The number of hydrogen-bond donors (Lipinski definition) is 1. The van der Waals surface area contributed by atoms with Gasteiger partial charge in [0.2, 0.25) is 0 Å². The maximum atomic E-state index is 13.9. The van der Waals surface area contributed by atoms with Crippen molar-refractivity contribution in [1.29, 1.82) is 0 Å². The van der Waals surface area contributed by atoms with E-state index in [1.165, 1.54) is 7.11 Å². The summed E-state index contributed by atoms with van der Waals surface area (Å²) in [6, 6.07) is 5.48. The summed E-state index contributed by atoms with van der Waals surface area (Å²) in [5.41, 5.74) is 8.41. The van der Waals surface area contributed by atoms with Crippen molar-refractivity contribution in [2.45, 2.75) is 58.8 Å². The standard InChI is InChI=1S/C35H36N4O6.Mg/c1-7-18-15(3)22-11-23-16(4)20(9-10-28(41)42)32(38-23)30-31(35(44)45-6)34(43)29-17(5)24(39-33(29)30)12-26-19(8-2)21(14-40)27(37-26)13-25(18)36-22;/h7,11-13,16,20,40H,1,8-10,14H2,2-6H3,(H4,36,37,38,39,41,42,43,44);/q;+2/p-4/t16-,20-;/m0./s1. The molecule has 5 heterocycles. The summed E-state index contributed by atoms with van der Waals surface area (Å²) in [6.07, 6.45) is 2.26. The number of allylic oxidation sites excluding steroid dienone is 1. The molecule has 46 heavy (non-hydrogen) atoms. The summed E-state index contributed by atoms with van der Waals surface area (Å²) in [6.45, 7) is 11.4. The van der Waals surface area contributed by atoms with E-state index in [0.29, 0.717) is 62.4 Å². The molecule has 0 fully saturated rings. The van der Waals surface area contributed by atoms with Gasteiger partial charge in [0.1, 0.15) is 0 Å². The number of ether oxygens (including phenoxy) is 1. The minimum atomic E-state index is -1.21. The largest absolute Gasteiger partial charge is 2.00 e. The molecule has 0 aromatic carbocycles. The van der Waals surface area contributed by atoms with Crippen LogP contribution in [-0.2, 0) is 14.3 Å². The number of aromatic nitrogens is 4. The van der Waals surface area contributed by atoms with Gasteiger partial charge in [-0.2, -0.15) is 0 Å². The number of aliphatic carboxylic acids is 1. The van der Waals surface area contributed by atoms with Crippen LogP contribution >= 0.6 is 0 Å². The first-order valence-electron chi connectivity index (χ1n) is 14.9. The Morgan fingerprint density at radius 3 is 2.35 bits per heavy atom. The molecule has 3 aromatic heterocycles. The topological polar surface area (TPSA) is 164 Å². The maximum Gasteiger partial charge on any atom is 2.00 e. The number of nitrogens with zero attached hydrogens (tertiary/aromatic N) is 4. The zero-order valence-electron chi connectivity index (χ0n) is 26.5. The van der Waals surface area contributed by atoms with Crippen LogP contribution in [0.4, 0.5) is 0 Å². The predicted molar refractivity (Wildman–Crippen MR) is 173 cm³/mol. The van der Waals surface area contributed by atoms with E-state index in [1.54, 1.807) is 19.1 Å². The zero-order chi connectivity index (χ0) is 32.3. The van der Waals surface area contributed by atoms with E-state index in [9.17, 15) is 24.9 Å². The van der Waals surface area contributed by atoms with Gasteiger partial charge in [0.25, 0.3) is 0 Å². The smallest absolute Gasteiger partial charge is 0.871 e. The molecule has 11 heteroatoms. The summed E-state index contributed by atoms with van der Waals surface area (Å²) in [7, 11) is 1.21. The number of esters is 1. The summed E-state index contributed by atoms with van der Waals surface area (Å²) in [5, 5.41) is 35.9. The Balaban J connectivity index is 0.00000417. The van der Waals surface area contributed by atoms with Gasteiger partial charge in [-0.3, -0.25) is 4.98 Å². The Morgan fingerprint density at radius 2 is 1.72 bits per heavy atom. The molecule has 10 nitrogen and oxygen atoms in total. The van der Waals surface area contributed by atoms with E-state index in [-0.39, 0.29) is 65.1 Å². The number of carbonyl (C=O) groups is 2. The van der Waals surface area contributed by atoms with Gasteiger partial charge < -0.3 is 34.8 Å². The number of hydrogen-bond acceptors (Lipinski definition) is 8. The number of methoxy groups -OCH3 is 1. The molecule has 0 unspecified atom stereocenters. The number of aryl methyl sites for hydroxylation is 2. The van der Waals surface area contributed by atoms with Crippen LogP contribution in [0.2, 0.25) is 0 Å². The van der Waals surface area contributed by atoms with Crippen LogP contribution in [0.15, 0.2) is 24.8 Å². The molecule has 0 saturated carbocycles. The van der Waals surface area contributed by atoms with Crippen molar-refractivity contribution in [2.75, 3.05) is 13.7 Å². The third kappa shape index (κ3) is 5.06. The maximum absolute atomic E-state index is 13.9. The summed E-state index contributed by atoms with van der Waals surface area (Å²) >= 11 is 0. The fourth-order valence-corrected chi connectivity index (χ4v) is 6.79. The van der Waals surface area contributed by atoms with Crippen LogP contribution < -0.4 is 20.2 Å². The molecule has 232 valence electrons. The fraction of sp³-hybridized carbons (Fsp3) is 0.314. The molecule has 3 aromatic rings. The molecule has 3 aliphatic rings. The van der Waals surface area contributed by atoms with Crippen LogP contribution in [-0.4, -0.2) is 63.8 Å². The predicted octanol–water partition coefficient (Wildman–Crippen LogP) is 2.90. The normalized spacial score (nSPS) is 16.9. The average Bonchev–Trinajstić information content (AvgIpc) is 3.76. The van der Waals surface area contributed by atoms with Gasteiger partial charge in [0.15, 0.2) is 0 Å². The first-order valence-corrected chi connectivity index (χ1v) is 14.9. The Bertz CT molecular complexity index is 2050. The summed E-state index contributed by atoms with van der Waals surface area (Å²) < 4.78 is 5.06. The van der Waals surface area contributed by atoms with Gasteiger partial charge >= 0.3 is 29.0 Å². The molecular formula is C35H32MgN4O6-2. The molecule has 1 N–H and O–H groups in total. The van der Waals surface area contributed by atoms with Crippen molar-refractivity contribution in [1.82, 2.24) is 19.9 Å². The number of rotatable bonds is 7. The second-order valence-electron chi connectivity index (χ2n) is 11.6. The third-order valence-corrected chi connectivity index (χ3v) is 9.22. The van der Waals surface area contributed by atoms with Gasteiger partial charge in [-0.15, -0.1) is 22.1 Å². The molecular weight excluding hydrogens is 597 g/mol. The van der Waals surface area contributed by atoms with Crippen molar-refractivity contribution in [3.8, 4) is 0 Å². The van der Waals surface area contributed by atoms with Crippen LogP contribution in [0.3, 0.4) is 0 Å². The molecule has 2 atom stereocenters.